The Kier molecular flexibility index (Phi) is 4.43. The highest BCUT2D eigenvalue weighted by Gasteiger charge is 2.17. The second kappa shape index (κ2) is 7.05. The standard InChI is InChI=1S/C20H17N5OS/c1-13-16-12-18(19(26)23-22-14(2)17-10-6-7-11-21-17)27-20(16)25(24-13)15-8-4-3-5-9-15/h3-12,22H,2H2,1H3,(H,23,26). The molecule has 134 valence electrons. The number of thiophene rings is 1. The van der Waals surface area contributed by atoms with Gasteiger partial charge < -0.3 is 0 Å². The predicted octanol–water partition coefficient (Wildman–Crippen LogP) is 3.70. The van der Waals surface area contributed by atoms with Crippen molar-refractivity contribution in [1.29, 1.82) is 0 Å². The van der Waals surface area contributed by atoms with Gasteiger partial charge in [-0.15, -0.1) is 11.3 Å². The van der Waals surface area contributed by atoms with Crippen molar-refractivity contribution >= 4 is 33.2 Å². The lowest BCUT2D eigenvalue weighted by Crippen LogP contribution is -2.35. The molecule has 4 aromatic rings. The van der Waals surface area contributed by atoms with Crippen molar-refractivity contribution in [2.45, 2.75) is 6.92 Å². The van der Waals surface area contributed by atoms with Crippen molar-refractivity contribution < 1.29 is 4.79 Å². The number of fused-ring (bicyclic) bond motifs is 1. The van der Waals surface area contributed by atoms with Gasteiger partial charge in [0.05, 0.1) is 27.6 Å². The first-order valence-corrected chi connectivity index (χ1v) is 9.16. The normalized spacial score (nSPS) is 10.7. The smallest absolute Gasteiger partial charge is 0.279 e. The summed E-state index contributed by atoms with van der Waals surface area (Å²) in [7, 11) is 0. The molecule has 0 atom stereocenters. The first-order chi connectivity index (χ1) is 13.1. The number of hydrogen-bond acceptors (Lipinski definition) is 5. The zero-order valence-electron chi connectivity index (χ0n) is 14.6. The van der Waals surface area contributed by atoms with Crippen LogP contribution >= 0.6 is 11.3 Å². The number of pyridine rings is 1. The molecule has 0 aliphatic rings. The van der Waals surface area contributed by atoms with Gasteiger partial charge >= 0.3 is 0 Å². The van der Waals surface area contributed by atoms with Crippen LogP contribution < -0.4 is 10.9 Å². The van der Waals surface area contributed by atoms with Crippen LogP contribution in [0.4, 0.5) is 0 Å². The van der Waals surface area contributed by atoms with E-state index in [0.29, 0.717) is 16.3 Å². The van der Waals surface area contributed by atoms with Gasteiger partial charge in [-0.2, -0.15) is 5.10 Å². The van der Waals surface area contributed by atoms with Crippen molar-refractivity contribution in [2.24, 2.45) is 0 Å². The molecule has 2 N–H and O–H groups in total. The van der Waals surface area contributed by atoms with Crippen molar-refractivity contribution in [2.75, 3.05) is 0 Å². The summed E-state index contributed by atoms with van der Waals surface area (Å²) in [5, 5.41) is 5.56. The number of carbonyl (C=O) groups is 1. The Balaban J connectivity index is 1.55. The molecule has 0 saturated carbocycles. The molecule has 1 aromatic carbocycles. The average molecular weight is 375 g/mol. The van der Waals surface area contributed by atoms with Crippen LogP contribution in [0, 0.1) is 6.92 Å². The summed E-state index contributed by atoms with van der Waals surface area (Å²) in [6.45, 7) is 5.83. The SMILES string of the molecule is C=C(NNC(=O)c1cc2c(C)nn(-c3ccccc3)c2s1)c1ccccn1. The fourth-order valence-electron chi connectivity index (χ4n) is 2.70. The molecular formula is C20H17N5OS. The monoisotopic (exact) mass is 375 g/mol. The lowest BCUT2D eigenvalue weighted by molar-refractivity contribution is 0.0946. The van der Waals surface area contributed by atoms with Crippen LogP contribution in [0.5, 0.6) is 0 Å². The van der Waals surface area contributed by atoms with Gasteiger partial charge in [0.25, 0.3) is 5.91 Å². The van der Waals surface area contributed by atoms with Gasteiger partial charge in [0, 0.05) is 11.6 Å². The van der Waals surface area contributed by atoms with E-state index in [0.717, 1.165) is 21.6 Å². The van der Waals surface area contributed by atoms with Crippen molar-refractivity contribution in [3.8, 4) is 5.69 Å². The number of amides is 1. The van der Waals surface area contributed by atoms with Gasteiger partial charge in [0.1, 0.15) is 4.83 Å². The quantitative estimate of drug-likeness (QED) is 0.522. The van der Waals surface area contributed by atoms with E-state index in [-0.39, 0.29) is 5.91 Å². The van der Waals surface area contributed by atoms with Crippen LogP contribution in [0.15, 0.2) is 67.4 Å². The number of rotatable bonds is 5. The van der Waals surface area contributed by atoms with Gasteiger partial charge in [-0.25, -0.2) is 4.68 Å². The zero-order valence-corrected chi connectivity index (χ0v) is 15.5. The second-order valence-corrected chi connectivity index (χ2v) is 6.97. The van der Waals surface area contributed by atoms with E-state index in [2.05, 4.69) is 27.5 Å². The summed E-state index contributed by atoms with van der Waals surface area (Å²) in [6, 6.07) is 17.2. The molecule has 0 radical (unpaired) electrons. The number of hydrazine groups is 1. The maximum atomic E-state index is 12.6. The minimum Gasteiger partial charge on any atom is -0.297 e. The zero-order chi connectivity index (χ0) is 18.8. The van der Waals surface area contributed by atoms with Crippen LogP contribution in [-0.4, -0.2) is 20.7 Å². The number of hydrogen-bond donors (Lipinski definition) is 2. The molecule has 3 heterocycles. The Morgan fingerprint density at radius 1 is 1.11 bits per heavy atom. The number of para-hydroxylation sites is 1. The second-order valence-electron chi connectivity index (χ2n) is 5.93. The van der Waals surface area contributed by atoms with E-state index in [1.165, 1.54) is 11.3 Å². The Morgan fingerprint density at radius 3 is 2.63 bits per heavy atom. The van der Waals surface area contributed by atoms with Crippen molar-refractivity contribution in [1.82, 2.24) is 25.6 Å². The van der Waals surface area contributed by atoms with Crippen LogP contribution in [0.25, 0.3) is 21.6 Å². The Bertz CT molecular complexity index is 1120. The number of nitrogens with zero attached hydrogens (tertiary/aromatic N) is 3. The number of aryl methyl sites for hydroxylation is 1. The van der Waals surface area contributed by atoms with Crippen LogP contribution in [0.2, 0.25) is 0 Å². The fraction of sp³-hybridized carbons (Fsp3) is 0.0500. The summed E-state index contributed by atoms with van der Waals surface area (Å²) >= 11 is 1.40. The van der Waals surface area contributed by atoms with E-state index < -0.39 is 0 Å². The van der Waals surface area contributed by atoms with Crippen molar-refractivity contribution in [3.05, 3.63) is 83.6 Å². The molecular weight excluding hydrogens is 358 g/mol. The predicted molar refractivity (Wildman–Crippen MR) is 108 cm³/mol. The topological polar surface area (TPSA) is 71.8 Å². The Hall–Kier alpha value is -3.45. The molecule has 3 aromatic heterocycles. The van der Waals surface area contributed by atoms with Crippen LogP contribution in [0.1, 0.15) is 21.1 Å². The molecule has 0 fully saturated rings. The highest BCUT2D eigenvalue weighted by atomic mass is 32.1. The highest BCUT2D eigenvalue weighted by Crippen LogP contribution is 2.30. The maximum Gasteiger partial charge on any atom is 0.279 e. The number of nitrogens with one attached hydrogen (secondary N) is 2. The molecule has 0 unspecified atom stereocenters. The van der Waals surface area contributed by atoms with Crippen molar-refractivity contribution in [3.63, 3.8) is 0 Å². The molecule has 0 aliphatic carbocycles. The molecule has 0 bridgehead atoms. The Morgan fingerprint density at radius 2 is 1.89 bits per heavy atom. The van der Waals surface area contributed by atoms with E-state index in [1.54, 1.807) is 6.20 Å². The molecule has 6 nitrogen and oxygen atoms in total. The van der Waals surface area contributed by atoms with Gasteiger partial charge in [0.2, 0.25) is 0 Å². The summed E-state index contributed by atoms with van der Waals surface area (Å²) in [6.07, 6.45) is 1.67. The fourth-order valence-corrected chi connectivity index (χ4v) is 3.78. The van der Waals surface area contributed by atoms with Gasteiger partial charge in [0.15, 0.2) is 0 Å². The minimum absolute atomic E-state index is 0.229. The lowest BCUT2D eigenvalue weighted by Gasteiger charge is -2.09. The van der Waals surface area contributed by atoms with Gasteiger partial charge in [-0.1, -0.05) is 30.8 Å². The summed E-state index contributed by atoms with van der Waals surface area (Å²) in [4.78, 5) is 18.3. The molecule has 0 spiro atoms. The van der Waals surface area contributed by atoms with E-state index in [1.807, 2.05) is 66.2 Å². The van der Waals surface area contributed by atoms with E-state index >= 15 is 0 Å². The largest absolute Gasteiger partial charge is 0.297 e. The summed E-state index contributed by atoms with van der Waals surface area (Å²) < 4.78 is 1.87. The molecule has 0 saturated heterocycles. The number of benzene rings is 1. The molecule has 0 aliphatic heterocycles. The first-order valence-electron chi connectivity index (χ1n) is 8.35. The number of carbonyl (C=O) groups excluding carboxylic acids is 1. The third-order valence-electron chi connectivity index (χ3n) is 4.07. The minimum atomic E-state index is -0.229. The molecule has 7 heteroatoms. The number of aromatic nitrogens is 3. The molecule has 1 amide bonds. The third kappa shape index (κ3) is 3.32. The highest BCUT2D eigenvalue weighted by molar-refractivity contribution is 7.20. The Labute approximate surface area is 160 Å². The molecule has 27 heavy (non-hydrogen) atoms. The van der Waals surface area contributed by atoms with Gasteiger partial charge in [-0.05, 0) is 37.3 Å². The van der Waals surface area contributed by atoms with Gasteiger partial charge in [-0.3, -0.25) is 20.6 Å². The summed E-state index contributed by atoms with van der Waals surface area (Å²) in [5.41, 5.74) is 8.55. The maximum absolute atomic E-state index is 12.6. The van der Waals surface area contributed by atoms with E-state index in [9.17, 15) is 4.79 Å². The average Bonchev–Trinajstić information content (AvgIpc) is 3.28. The molecule has 4 rings (SSSR count). The first kappa shape index (κ1) is 17.0. The van der Waals surface area contributed by atoms with Crippen LogP contribution in [-0.2, 0) is 0 Å². The van der Waals surface area contributed by atoms with E-state index in [4.69, 9.17) is 0 Å². The summed E-state index contributed by atoms with van der Waals surface area (Å²) in [5.74, 6) is -0.229. The lowest BCUT2D eigenvalue weighted by atomic mass is 10.3. The van der Waals surface area contributed by atoms with Crippen LogP contribution in [0.3, 0.4) is 0 Å². The third-order valence-corrected chi connectivity index (χ3v) is 5.18.